The van der Waals surface area contributed by atoms with E-state index in [0.29, 0.717) is 10.7 Å². The molecule has 1 saturated heterocycles. The highest BCUT2D eigenvalue weighted by molar-refractivity contribution is 8.18. The first kappa shape index (κ1) is 25.8. The quantitative estimate of drug-likeness (QED) is 0.212. The fourth-order valence-corrected chi connectivity index (χ4v) is 4.96. The topological polar surface area (TPSA) is 77.4 Å². The van der Waals surface area contributed by atoms with Gasteiger partial charge in [0.05, 0.1) is 11.4 Å². The van der Waals surface area contributed by atoms with Crippen molar-refractivity contribution in [3.05, 3.63) is 70.8 Å². The van der Waals surface area contributed by atoms with E-state index in [-0.39, 0.29) is 30.1 Å². The van der Waals surface area contributed by atoms with Crippen molar-refractivity contribution in [3.63, 3.8) is 0 Å². The van der Waals surface area contributed by atoms with E-state index < -0.39 is 0 Å². The highest BCUT2D eigenvalue weighted by Crippen LogP contribution is 2.27. The normalized spacial score (nSPS) is 14.5. The summed E-state index contributed by atoms with van der Waals surface area (Å²) in [5.74, 6) is 0.311. The third-order valence-corrected chi connectivity index (χ3v) is 7.03. The number of imide groups is 1. The monoisotopic (exact) mass is 504 g/mol. The van der Waals surface area contributed by atoms with Gasteiger partial charge in [0.15, 0.2) is 5.78 Å². The number of rotatable bonds is 13. The van der Waals surface area contributed by atoms with Crippen LogP contribution in [0.25, 0.3) is 17.0 Å². The van der Waals surface area contributed by atoms with Crippen molar-refractivity contribution in [2.45, 2.75) is 58.4 Å². The summed E-state index contributed by atoms with van der Waals surface area (Å²) in [5, 5.41) is 2.85. The van der Waals surface area contributed by atoms with E-state index in [9.17, 15) is 14.4 Å². The van der Waals surface area contributed by atoms with Gasteiger partial charge >= 0.3 is 0 Å². The Morgan fingerprint density at radius 1 is 1.00 bits per heavy atom. The van der Waals surface area contributed by atoms with Gasteiger partial charge in [0.2, 0.25) is 0 Å². The molecule has 0 atom stereocenters. The third kappa shape index (κ3) is 7.10. The van der Waals surface area contributed by atoms with Crippen LogP contribution in [0.15, 0.2) is 59.6 Å². The van der Waals surface area contributed by atoms with Crippen LogP contribution in [0.2, 0.25) is 0 Å². The molecule has 0 bridgehead atoms. The summed E-state index contributed by atoms with van der Waals surface area (Å²) in [4.78, 5) is 36.1. The maximum Gasteiger partial charge on any atom is 0.290 e. The van der Waals surface area contributed by atoms with Gasteiger partial charge in [-0.1, -0.05) is 57.2 Å². The van der Waals surface area contributed by atoms with Gasteiger partial charge in [0, 0.05) is 17.1 Å². The molecule has 1 aromatic heterocycles. The number of thioether (sulfide) groups is 1. The number of hydrogen-bond donors (Lipinski definition) is 1. The minimum absolute atomic E-state index is 0.0149. The number of ether oxygens (including phenoxy) is 1. The molecule has 0 radical (unpaired) electrons. The number of hydrogen-bond acceptors (Lipinski definition) is 5. The number of carbonyl (C=O) groups is 3. The number of amides is 2. The number of aryl methyl sites for hydroxylation is 1. The summed E-state index contributed by atoms with van der Waals surface area (Å²) in [6.45, 7) is 2.47. The largest absolute Gasteiger partial charge is 0.486 e. The van der Waals surface area contributed by atoms with Gasteiger partial charge in [-0.3, -0.25) is 19.7 Å². The van der Waals surface area contributed by atoms with Gasteiger partial charge in [0.1, 0.15) is 12.4 Å². The third-order valence-electron chi connectivity index (χ3n) is 6.22. The maximum atomic E-state index is 12.6. The fraction of sp³-hybridized carbons (Fsp3) is 0.345. The zero-order chi connectivity index (χ0) is 25.3. The Hall–Kier alpha value is -3.32. The molecular weight excluding hydrogens is 472 g/mol. The molecule has 188 valence electrons. The Kier molecular flexibility index (Phi) is 9.01. The second kappa shape index (κ2) is 12.6. The Labute approximate surface area is 216 Å². The lowest BCUT2D eigenvalue weighted by molar-refractivity contribution is -0.121. The number of fused-ring (bicyclic) bond motifs is 1. The van der Waals surface area contributed by atoms with Gasteiger partial charge in [-0.25, -0.2) is 0 Å². The van der Waals surface area contributed by atoms with E-state index in [4.69, 9.17) is 4.74 Å². The minimum Gasteiger partial charge on any atom is -0.486 e. The fourth-order valence-electron chi connectivity index (χ4n) is 4.28. The standard InChI is InChI=1S/C29H32N2O4S/c1-2-3-4-5-6-7-8-21-9-12-25(13-10-21)35-20-24(32)19-31-16-15-23-17-22(11-14-26(23)31)18-27-28(33)30-29(34)36-27/h9-18H,2-8,19-20H2,1H3,(H,30,33,34)/b27-18-. The summed E-state index contributed by atoms with van der Waals surface area (Å²) >= 11 is 0.896. The Morgan fingerprint density at radius 3 is 2.53 bits per heavy atom. The van der Waals surface area contributed by atoms with E-state index in [1.165, 1.54) is 44.1 Å². The molecule has 1 aliphatic heterocycles. The van der Waals surface area contributed by atoms with E-state index >= 15 is 0 Å². The molecular formula is C29H32N2O4S. The van der Waals surface area contributed by atoms with Crippen LogP contribution in [0.3, 0.4) is 0 Å². The lowest BCUT2D eigenvalue weighted by atomic mass is 10.0. The van der Waals surface area contributed by atoms with E-state index in [2.05, 4.69) is 24.4 Å². The van der Waals surface area contributed by atoms with Gasteiger partial charge in [-0.15, -0.1) is 0 Å². The SMILES string of the molecule is CCCCCCCCc1ccc(OCC(=O)Cn2ccc3cc(/C=C4\SC(=O)NC4=O)ccc32)cc1. The molecule has 1 fully saturated rings. The van der Waals surface area contributed by atoms with Gasteiger partial charge in [0.25, 0.3) is 11.1 Å². The molecule has 2 heterocycles. The van der Waals surface area contributed by atoms with Crippen LogP contribution < -0.4 is 10.1 Å². The molecule has 7 heteroatoms. The van der Waals surface area contributed by atoms with Crippen molar-refractivity contribution < 1.29 is 19.1 Å². The molecule has 3 aromatic rings. The van der Waals surface area contributed by atoms with Gasteiger partial charge in [-0.05, 0) is 72.1 Å². The predicted octanol–water partition coefficient (Wildman–Crippen LogP) is 6.52. The molecule has 2 amide bonds. The Morgan fingerprint density at radius 2 is 1.78 bits per heavy atom. The zero-order valence-corrected chi connectivity index (χ0v) is 21.4. The van der Waals surface area contributed by atoms with Gasteiger partial charge in [-0.2, -0.15) is 0 Å². The van der Waals surface area contributed by atoms with Crippen molar-refractivity contribution in [1.82, 2.24) is 9.88 Å². The summed E-state index contributed by atoms with van der Waals surface area (Å²) < 4.78 is 7.62. The van der Waals surface area contributed by atoms with Crippen LogP contribution in [0, 0.1) is 0 Å². The molecule has 1 N–H and O–H groups in total. The molecule has 0 aliphatic carbocycles. The number of nitrogens with zero attached hydrogens (tertiary/aromatic N) is 1. The number of aromatic nitrogens is 1. The molecule has 6 nitrogen and oxygen atoms in total. The van der Waals surface area contributed by atoms with Crippen molar-refractivity contribution in [1.29, 1.82) is 0 Å². The minimum atomic E-state index is -0.374. The molecule has 0 saturated carbocycles. The molecule has 0 spiro atoms. The number of benzene rings is 2. The summed E-state index contributed by atoms with van der Waals surface area (Å²) in [6.07, 6.45) is 12.4. The van der Waals surface area contributed by atoms with Gasteiger partial charge < -0.3 is 9.30 Å². The second-order valence-corrected chi connectivity index (χ2v) is 10.1. The number of carbonyl (C=O) groups excluding carboxylic acids is 3. The molecule has 4 rings (SSSR count). The van der Waals surface area contributed by atoms with Crippen LogP contribution >= 0.6 is 11.8 Å². The number of ketones is 1. The highest BCUT2D eigenvalue weighted by Gasteiger charge is 2.24. The van der Waals surface area contributed by atoms with Crippen molar-refractivity contribution in [3.8, 4) is 5.75 Å². The summed E-state index contributed by atoms with van der Waals surface area (Å²) in [7, 11) is 0. The van der Waals surface area contributed by atoms with E-state index in [1.54, 1.807) is 6.08 Å². The number of unbranched alkanes of at least 4 members (excludes halogenated alkanes) is 5. The van der Waals surface area contributed by atoms with E-state index in [1.807, 2.05) is 47.2 Å². The molecule has 36 heavy (non-hydrogen) atoms. The first-order valence-corrected chi connectivity index (χ1v) is 13.4. The highest BCUT2D eigenvalue weighted by atomic mass is 32.2. The molecule has 1 aliphatic rings. The first-order chi connectivity index (χ1) is 17.5. The average Bonchev–Trinajstić information content (AvgIpc) is 3.41. The number of nitrogens with one attached hydrogen (secondary N) is 1. The van der Waals surface area contributed by atoms with Crippen molar-refractivity contribution in [2.75, 3.05) is 6.61 Å². The molecule has 0 unspecified atom stereocenters. The lowest BCUT2D eigenvalue weighted by Crippen LogP contribution is -2.17. The molecule has 2 aromatic carbocycles. The Balaban J connectivity index is 1.26. The van der Waals surface area contributed by atoms with Crippen LogP contribution in [0.1, 0.15) is 56.6 Å². The first-order valence-electron chi connectivity index (χ1n) is 12.6. The van der Waals surface area contributed by atoms with Crippen LogP contribution in [-0.4, -0.2) is 28.1 Å². The summed E-state index contributed by atoms with van der Waals surface area (Å²) in [6, 6.07) is 15.7. The lowest BCUT2D eigenvalue weighted by Gasteiger charge is -2.09. The van der Waals surface area contributed by atoms with Crippen molar-refractivity contribution >= 4 is 45.7 Å². The summed E-state index contributed by atoms with van der Waals surface area (Å²) in [5.41, 5.74) is 3.04. The van der Waals surface area contributed by atoms with Crippen LogP contribution in [-0.2, 0) is 22.6 Å². The Bertz CT molecular complexity index is 1260. The average molecular weight is 505 g/mol. The zero-order valence-electron chi connectivity index (χ0n) is 20.6. The van der Waals surface area contributed by atoms with Crippen molar-refractivity contribution in [2.24, 2.45) is 0 Å². The van der Waals surface area contributed by atoms with Crippen LogP contribution in [0.5, 0.6) is 5.75 Å². The maximum absolute atomic E-state index is 12.6. The predicted molar refractivity (Wildman–Crippen MR) is 145 cm³/mol. The smallest absolute Gasteiger partial charge is 0.290 e. The van der Waals surface area contributed by atoms with Crippen LogP contribution in [0.4, 0.5) is 4.79 Å². The van der Waals surface area contributed by atoms with E-state index in [0.717, 1.165) is 34.6 Å². The second-order valence-electron chi connectivity index (χ2n) is 9.10. The number of Topliss-reactive ketones (excluding diaryl/α,β-unsaturated/α-hetero) is 1.